The van der Waals surface area contributed by atoms with Gasteiger partial charge in [-0.1, -0.05) is 35.9 Å². The molecule has 2 aliphatic rings. The van der Waals surface area contributed by atoms with Crippen LogP contribution in [0.1, 0.15) is 24.8 Å². The van der Waals surface area contributed by atoms with Crippen LogP contribution in [0.5, 0.6) is 23.0 Å². The molecule has 8 nitrogen and oxygen atoms in total. The highest BCUT2D eigenvalue weighted by atomic mass is 32.2. The standard InChI is InChI=1S/C29H35N2O6S/c1-22-14-16-24(17-15-22)38(32,33)37-28-13-9-12-27-29(28)36-23(21-35-27)20-30(2)31(18-7-4-8-19-31)25-10-5-6-11-26(25)34-3/h5-6,9-17,23H,4,7-8,18-21H2,1-3H3/q+1. The number of ether oxygens (including phenoxy) is 3. The molecule has 202 valence electrons. The fourth-order valence-corrected chi connectivity index (χ4v) is 6.30. The number of likely N-dealkylation sites (N-methyl/N-ethyl adjacent to an activating group) is 1. The van der Waals surface area contributed by atoms with Crippen molar-refractivity contribution in [2.75, 3.05) is 40.4 Å². The fourth-order valence-electron chi connectivity index (χ4n) is 5.36. The zero-order valence-corrected chi connectivity index (χ0v) is 22.9. The largest absolute Gasteiger partial charge is 0.491 e. The normalized spacial score (nSPS) is 18.7. The van der Waals surface area contributed by atoms with Crippen LogP contribution < -0.4 is 23.0 Å². The second-order valence-corrected chi connectivity index (χ2v) is 11.5. The molecule has 9 heteroatoms. The lowest BCUT2D eigenvalue weighted by Gasteiger charge is -2.47. The zero-order valence-electron chi connectivity index (χ0n) is 22.1. The van der Waals surface area contributed by atoms with E-state index in [0.717, 1.165) is 42.9 Å². The molecule has 0 aliphatic carbocycles. The lowest BCUT2D eigenvalue weighted by atomic mass is 10.1. The van der Waals surface area contributed by atoms with E-state index < -0.39 is 10.1 Å². The summed E-state index contributed by atoms with van der Waals surface area (Å²) in [5, 5.41) is 2.29. The Kier molecular flexibility index (Phi) is 7.52. The summed E-state index contributed by atoms with van der Waals surface area (Å²) < 4.78 is 50.3. The van der Waals surface area contributed by atoms with E-state index in [1.807, 2.05) is 19.1 Å². The highest BCUT2D eigenvalue weighted by Gasteiger charge is 2.42. The Bertz CT molecular complexity index is 1370. The predicted octanol–water partition coefficient (Wildman–Crippen LogP) is 4.95. The highest BCUT2D eigenvalue weighted by Crippen LogP contribution is 2.42. The molecule has 2 heterocycles. The SMILES string of the molecule is COc1ccccc1[N+]1(N(C)CC2COc3cccc(OS(=O)(=O)c4ccc(C)cc4)c3O2)CCCCC1. The summed E-state index contributed by atoms with van der Waals surface area (Å²) in [4.78, 5) is 0.0852. The molecule has 1 unspecified atom stereocenters. The van der Waals surface area contributed by atoms with E-state index in [0.29, 0.717) is 29.2 Å². The van der Waals surface area contributed by atoms with Crippen molar-refractivity contribution in [1.29, 1.82) is 0 Å². The molecule has 2 aliphatic heterocycles. The Labute approximate surface area is 225 Å². The molecule has 1 fully saturated rings. The van der Waals surface area contributed by atoms with Gasteiger partial charge in [-0.05, 0) is 56.5 Å². The van der Waals surface area contributed by atoms with E-state index in [1.165, 1.54) is 18.6 Å². The van der Waals surface area contributed by atoms with Gasteiger partial charge in [0.15, 0.2) is 29.0 Å². The van der Waals surface area contributed by atoms with Gasteiger partial charge in [0.05, 0.1) is 13.7 Å². The number of hydrogen-bond acceptors (Lipinski definition) is 7. The summed E-state index contributed by atoms with van der Waals surface area (Å²) in [6, 6.07) is 19.8. The van der Waals surface area contributed by atoms with E-state index in [2.05, 4.69) is 24.2 Å². The predicted molar refractivity (Wildman–Crippen MR) is 146 cm³/mol. The van der Waals surface area contributed by atoms with Gasteiger partial charge in [0.1, 0.15) is 24.6 Å². The lowest BCUT2D eigenvalue weighted by molar-refractivity contribution is -0.0463. The Morgan fingerprint density at radius 2 is 1.66 bits per heavy atom. The second kappa shape index (κ2) is 10.8. The van der Waals surface area contributed by atoms with Crippen LogP contribution in [-0.2, 0) is 10.1 Å². The fraction of sp³-hybridized carbons (Fsp3) is 0.379. The first kappa shape index (κ1) is 26.3. The summed E-state index contributed by atoms with van der Waals surface area (Å²) >= 11 is 0. The first-order chi connectivity index (χ1) is 18.3. The summed E-state index contributed by atoms with van der Waals surface area (Å²) in [6.45, 7) is 4.74. The average Bonchev–Trinajstić information content (AvgIpc) is 2.93. The number of methoxy groups -OCH3 is 1. The molecule has 0 saturated carbocycles. The molecule has 3 aromatic rings. The van der Waals surface area contributed by atoms with E-state index in [4.69, 9.17) is 18.4 Å². The smallest absolute Gasteiger partial charge is 0.339 e. The third-order valence-electron chi connectivity index (χ3n) is 7.37. The van der Waals surface area contributed by atoms with Gasteiger partial charge < -0.3 is 18.4 Å². The molecular formula is C29H35N2O6S+. The van der Waals surface area contributed by atoms with Crippen LogP contribution in [0, 0.1) is 6.92 Å². The number of quaternary nitrogens is 1. The molecular weight excluding hydrogens is 504 g/mol. The van der Waals surface area contributed by atoms with E-state index >= 15 is 0 Å². The minimum absolute atomic E-state index is 0.0852. The molecule has 0 amide bonds. The van der Waals surface area contributed by atoms with Crippen LogP contribution in [0.2, 0.25) is 0 Å². The number of para-hydroxylation sites is 3. The first-order valence-electron chi connectivity index (χ1n) is 13.0. The van der Waals surface area contributed by atoms with Gasteiger partial charge in [-0.3, -0.25) is 0 Å². The van der Waals surface area contributed by atoms with Crippen LogP contribution in [-0.4, -0.2) is 59.9 Å². The van der Waals surface area contributed by atoms with Crippen LogP contribution >= 0.6 is 0 Å². The summed E-state index contributed by atoms with van der Waals surface area (Å²) in [5.41, 5.74) is 2.09. The number of hydrogen-bond donors (Lipinski definition) is 0. The molecule has 0 radical (unpaired) electrons. The van der Waals surface area contributed by atoms with E-state index in [1.54, 1.807) is 37.4 Å². The van der Waals surface area contributed by atoms with Crippen molar-refractivity contribution in [3.8, 4) is 23.0 Å². The van der Waals surface area contributed by atoms with Gasteiger partial charge in [-0.15, -0.1) is 5.01 Å². The molecule has 0 aromatic heterocycles. The van der Waals surface area contributed by atoms with E-state index in [-0.39, 0.29) is 16.7 Å². The summed E-state index contributed by atoms with van der Waals surface area (Å²) in [5.74, 6) is 1.74. The minimum atomic E-state index is -4.04. The van der Waals surface area contributed by atoms with E-state index in [9.17, 15) is 8.42 Å². The molecule has 0 spiro atoms. The van der Waals surface area contributed by atoms with Crippen molar-refractivity contribution in [2.24, 2.45) is 0 Å². The molecule has 5 rings (SSSR count). The van der Waals surface area contributed by atoms with Gasteiger partial charge >= 0.3 is 10.1 Å². The summed E-state index contributed by atoms with van der Waals surface area (Å²) in [7, 11) is -0.231. The van der Waals surface area contributed by atoms with Crippen LogP contribution in [0.3, 0.4) is 0 Å². The lowest BCUT2D eigenvalue weighted by Crippen LogP contribution is -2.64. The molecule has 0 N–H and O–H groups in total. The average molecular weight is 540 g/mol. The van der Waals surface area contributed by atoms with Crippen molar-refractivity contribution in [3.05, 3.63) is 72.3 Å². The maximum atomic E-state index is 13.0. The number of benzene rings is 3. The number of nitrogens with zero attached hydrogens (tertiary/aromatic N) is 2. The van der Waals surface area contributed by atoms with Crippen molar-refractivity contribution in [3.63, 3.8) is 0 Å². The van der Waals surface area contributed by atoms with Crippen molar-refractivity contribution in [1.82, 2.24) is 9.60 Å². The molecule has 38 heavy (non-hydrogen) atoms. The van der Waals surface area contributed by atoms with Crippen LogP contribution in [0.25, 0.3) is 0 Å². The molecule has 1 atom stereocenters. The first-order valence-corrected chi connectivity index (χ1v) is 14.4. The number of rotatable bonds is 8. The van der Waals surface area contributed by atoms with Crippen LogP contribution in [0.4, 0.5) is 5.69 Å². The van der Waals surface area contributed by atoms with Crippen molar-refractivity contribution < 1.29 is 26.8 Å². The Hall–Kier alpha value is -3.27. The van der Waals surface area contributed by atoms with Crippen molar-refractivity contribution in [2.45, 2.75) is 37.2 Å². The third-order valence-corrected chi connectivity index (χ3v) is 8.62. The third kappa shape index (κ3) is 5.18. The Morgan fingerprint density at radius 3 is 2.39 bits per heavy atom. The van der Waals surface area contributed by atoms with Gasteiger partial charge in [0.25, 0.3) is 0 Å². The topological polar surface area (TPSA) is 74.3 Å². The van der Waals surface area contributed by atoms with Crippen LogP contribution in [0.15, 0.2) is 71.6 Å². The van der Waals surface area contributed by atoms with Gasteiger partial charge in [0, 0.05) is 13.1 Å². The highest BCUT2D eigenvalue weighted by molar-refractivity contribution is 7.87. The number of aryl methyl sites for hydroxylation is 1. The minimum Gasteiger partial charge on any atom is -0.491 e. The van der Waals surface area contributed by atoms with Gasteiger partial charge in [-0.2, -0.15) is 8.42 Å². The van der Waals surface area contributed by atoms with Gasteiger partial charge in [0.2, 0.25) is 5.75 Å². The Balaban J connectivity index is 1.38. The van der Waals surface area contributed by atoms with Crippen molar-refractivity contribution >= 4 is 15.8 Å². The zero-order chi connectivity index (χ0) is 26.8. The molecule has 3 aromatic carbocycles. The number of piperidine rings is 1. The monoisotopic (exact) mass is 539 g/mol. The second-order valence-electron chi connectivity index (χ2n) is 9.93. The Morgan fingerprint density at radius 1 is 0.947 bits per heavy atom. The van der Waals surface area contributed by atoms with Gasteiger partial charge in [-0.25, -0.2) is 4.59 Å². The molecule has 0 bridgehead atoms. The number of fused-ring (bicyclic) bond motifs is 1. The quantitative estimate of drug-likeness (QED) is 0.296. The molecule has 1 saturated heterocycles. The maximum absolute atomic E-state index is 13.0. The summed E-state index contributed by atoms with van der Waals surface area (Å²) in [6.07, 6.45) is 3.10. The maximum Gasteiger partial charge on any atom is 0.339 e.